The molecule has 1 aliphatic carbocycles. The summed E-state index contributed by atoms with van der Waals surface area (Å²) in [6, 6.07) is 13.1. The number of hydrogen-bond acceptors (Lipinski definition) is 3. The Kier molecular flexibility index (Phi) is 5.13. The van der Waals surface area contributed by atoms with Gasteiger partial charge in [-0.3, -0.25) is 10.1 Å². The summed E-state index contributed by atoms with van der Waals surface area (Å²) < 4.78 is 0. The summed E-state index contributed by atoms with van der Waals surface area (Å²) in [5.41, 5.74) is 2.54. The third kappa shape index (κ3) is 4.21. The Bertz CT molecular complexity index is 632. The molecule has 3 nitrogen and oxygen atoms in total. The molecule has 0 unspecified atom stereocenters. The molecule has 1 amide bonds. The minimum absolute atomic E-state index is 0.0564. The van der Waals surface area contributed by atoms with Crippen LogP contribution in [0.2, 0.25) is 0 Å². The van der Waals surface area contributed by atoms with Gasteiger partial charge in [-0.1, -0.05) is 37.3 Å². The predicted molar refractivity (Wildman–Crippen MR) is 95.7 cm³/mol. The Morgan fingerprint density at radius 3 is 2.57 bits per heavy atom. The zero-order valence-electron chi connectivity index (χ0n) is 13.7. The second-order valence-electron chi connectivity index (χ2n) is 6.21. The maximum atomic E-state index is 12.3. The van der Waals surface area contributed by atoms with E-state index >= 15 is 0 Å². The van der Waals surface area contributed by atoms with Crippen molar-refractivity contribution in [2.75, 3.05) is 0 Å². The van der Waals surface area contributed by atoms with Crippen molar-refractivity contribution in [1.29, 1.82) is 0 Å². The summed E-state index contributed by atoms with van der Waals surface area (Å²) in [5.74, 6) is 0.0965. The zero-order chi connectivity index (χ0) is 16.2. The molecule has 1 aromatic heterocycles. The van der Waals surface area contributed by atoms with Crippen molar-refractivity contribution in [3.05, 3.63) is 57.8 Å². The molecule has 1 aromatic carbocycles. The fourth-order valence-corrected chi connectivity index (χ4v) is 3.44. The number of carbonyl (C=O) groups is 1. The van der Waals surface area contributed by atoms with Crippen LogP contribution < -0.4 is 10.6 Å². The predicted octanol–water partition coefficient (Wildman–Crippen LogP) is 3.66. The highest BCUT2D eigenvalue weighted by Crippen LogP contribution is 2.27. The maximum Gasteiger partial charge on any atom is 0.237 e. The van der Waals surface area contributed by atoms with Crippen LogP contribution in [-0.2, 0) is 11.2 Å². The standard InChI is InChI=1S/C19H24N2OS/c1-3-14-6-8-15(9-7-14)18(17-5-4-12-23-17)20-13(2)19(22)21-16-10-11-16/h4-9,12-13,16,18,20H,3,10-11H2,1-2H3,(H,21,22)/t13-,18-/m0/s1. The number of benzene rings is 1. The van der Waals surface area contributed by atoms with Gasteiger partial charge in [-0.25, -0.2) is 0 Å². The molecule has 0 saturated heterocycles. The van der Waals surface area contributed by atoms with Crippen molar-refractivity contribution in [2.24, 2.45) is 0 Å². The lowest BCUT2D eigenvalue weighted by Gasteiger charge is -2.23. The van der Waals surface area contributed by atoms with E-state index in [2.05, 4.69) is 59.3 Å². The van der Waals surface area contributed by atoms with Gasteiger partial charge >= 0.3 is 0 Å². The molecule has 0 bridgehead atoms. The Hall–Kier alpha value is -1.65. The number of hydrogen-bond donors (Lipinski definition) is 2. The molecule has 1 fully saturated rings. The van der Waals surface area contributed by atoms with Crippen molar-refractivity contribution in [1.82, 2.24) is 10.6 Å². The molecule has 23 heavy (non-hydrogen) atoms. The highest BCUT2D eigenvalue weighted by atomic mass is 32.1. The highest BCUT2D eigenvalue weighted by Gasteiger charge is 2.27. The van der Waals surface area contributed by atoms with Crippen molar-refractivity contribution >= 4 is 17.2 Å². The average Bonchev–Trinajstić information content (AvgIpc) is 3.22. The molecule has 2 N–H and O–H groups in total. The minimum Gasteiger partial charge on any atom is -0.352 e. The van der Waals surface area contributed by atoms with Gasteiger partial charge in [0.25, 0.3) is 0 Å². The first-order chi connectivity index (χ1) is 11.2. The van der Waals surface area contributed by atoms with Crippen LogP contribution in [0.15, 0.2) is 41.8 Å². The lowest BCUT2D eigenvalue weighted by molar-refractivity contribution is -0.123. The molecule has 4 heteroatoms. The second-order valence-corrected chi connectivity index (χ2v) is 7.19. The van der Waals surface area contributed by atoms with Gasteiger partial charge in [0.2, 0.25) is 5.91 Å². The average molecular weight is 328 g/mol. The molecule has 2 aromatic rings. The Labute approximate surface area is 142 Å². The minimum atomic E-state index is -0.214. The van der Waals surface area contributed by atoms with Gasteiger partial charge < -0.3 is 5.32 Å². The van der Waals surface area contributed by atoms with Crippen molar-refractivity contribution in [3.63, 3.8) is 0 Å². The monoisotopic (exact) mass is 328 g/mol. The van der Waals surface area contributed by atoms with E-state index in [0.717, 1.165) is 19.3 Å². The smallest absolute Gasteiger partial charge is 0.237 e. The third-order valence-corrected chi connectivity index (χ3v) is 5.22. The Morgan fingerprint density at radius 1 is 1.26 bits per heavy atom. The molecule has 3 rings (SSSR count). The second kappa shape index (κ2) is 7.28. The van der Waals surface area contributed by atoms with E-state index < -0.39 is 0 Å². The molecule has 1 heterocycles. The first-order valence-electron chi connectivity index (χ1n) is 8.36. The van der Waals surface area contributed by atoms with Crippen LogP contribution in [0.3, 0.4) is 0 Å². The summed E-state index contributed by atoms with van der Waals surface area (Å²) in [7, 11) is 0. The van der Waals surface area contributed by atoms with E-state index in [0.29, 0.717) is 6.04 Å². The van der Waals surface area contributed by atoms with E-state index in [1.54, 1.807) is 11.3 Å². The topological polar surface area (TPSA) is 41.1 Å². The van der Waals surface area contributed by atoms with Gasteiger partial charge in [-0.15, -0.1) is 11.3 Å². The molecule has 0 spiro atoms. The molecule has 1 aliphatic rings. The molecular formula is C19H24N2OS. The van der Waals surface area contributed by atoms with Crippen molar-refractivity contribution in [3.8, 4) is 0 Å². The summed E-state index contributed by atoms with van der Waals surface area (Å²) >= 11 is 1.72. The Balaban J connectivity index is 1.76. The molecule has 0 radical (unpaired) electrons. The van der Waals surface area contributed by atoms with Gasteiger partial charge in [0, 0.05) is 10.9 Å². The van der Waals surface area contributed by atoms with Gasteiger partial charge in [-0.05, 0) is 48.8 Å². The number of amides is 1. The lowest BCUT2D eigenvalue weighted by Crippen LogP contribution is -2.44. The summed E-state index contributed by atoms with van der Waals surface area (Å²) in [4.78, 5) is 13.5. The third-order valence-electron chi connectivity index (χ3n) is 4.28. The van der Waals surface area contributed by atoms with Gasteiger partial charge in [0.1, 0.15) is 0 Å². The Morgan fingerprint density at radius 2 is 2.00 bits per heavy atom. The molecular weight excluding hydrogens is 304 g/mol. The van der Waals surface area contributed by atoms with Crippen LogP contribution in [0.5, 0.6) is 0 Å². The van der Waals surface area contributed by atoms with Crippen LogP contribution in [-0.4, -0.2) is 18.0 Å². The molecule has 122 valence electrons. The van der Waals surface area contributed by atoms with Crippen LogP contribution >= 0.6 is 11.3 Å². The largest absolute Gasteiger partial charge is 0.352 e. The number of rotatable bonds is 7. The molecule has 2 atom stereocenters. The van der Waals surface area contributed by atoms with E-state index in [9.17, 15) is 4.79 Å². The van der Waals surface area contributed by atoms with Crippen LogP contribution in [0.25, 0.3) is 0 Å². The lowest BCUT2D eigenvalue weighted by atomic mass is 10.0. The van der Waals surface area contributed by atoms with Gasteiger partial charge in [-0.2, -0.15) is 0 Å². The van der Waals surface area contributed by atoms with E-state index in [4.69, 9.17) is 0 Å². The zero-order valence-corrected chi connectivity index (χ0v) is 14.5. The van der Waals surface area contributed by atoms with Gasteiger partial charge in [0.05, 0.1) is 12.1 Å². The fourth-order valence-electron chi connectivity index (χ4n) is 2.62. The first kappa shape index (κ1) is 16.2. The van der Waals surface area contributed by atoms with Gasteiger partial charge in [0.15, 0.2) is 0 Å². The SMILES string of the molecule is CCc1ccc([C@H](N[C@@H](C)C(=O)NC2CC2)c2cccs2)cc1. The normalized spacial score (nSPS) is 16.8. The number of nitrogens with one attached hydrogen (secondary N) is 2. The van der Waals surface area contributed by atoms with E-state index in [1.165, 1.54) is 16.0 Å². The van der Waals surface area contributed by atoms with Crippen LogP contribution in [0.1, 0.15) is 48.7 Å². The van der Waals surface area contributed by atoms with Crippen LogP contribution in [0.4, 0.5) is 0 Å². The quantitative estimate of drug-likeness (QED) is 0.814. The maximum absolute atomic E-state index is 12.3. The summed E-state index contributed by atoms with van der Waals surface area (Å²) in [6.07, 6.45) is 3.27. The van der Waals surface area contributed by atoms with E-state index in [1.807, 2.05) is 6.92 Å². The summed E-state index contributed by atoms with van der Waals surface area (Å²) in [5, 5.41) is 8.66. The molecule has 1 saturated carbocycles. The highest BCUT2D eigenvalue weighted by molar-refractivity contribution is 7.10. The van der Waals surface area contributed by atoms with Crippen LogP contribution in [0, 0.1) is 0 Å². The first-order valence-corrected chi connectivity index (χ1v) is 9.24. The number of thiophene rings is 1. The van der Waals surface area contributed by atoms with Crippen molar-refractivity contribution < 1.29 is 4.79 Å². The van der Waals surface area contributed by atoms with E-state index in [-0.39, 0.29) is 18.0 Å². The number of aryl methyl sites for hydroxylation is 1. The number of carbonyl (C=O) groups excluding carboxylic acids is 1. The fraction of sp³-hybridized carbons (Fsp3) is 0.421. The van der Waals surface area contributed by atoms with Crippen molar-refractivity contribution in [2.45, 2.75) is 51.2 Å². The summed E-state index contributed by atoms with van der Waals surface area (Å²) in [6.45, 7) is 4.10. The molecule has 0 aliphatic heterocycles.